The third-order valence-electron chi connectivity index (χ3n) is 1.50. The Bertz CT molecular complexity index is 342. The number of hydrogen-bond donors (Lipinski definition) is 1. The Labute approximate surface area is 117 Å². The number of carbonyl (C=O) groups is 1. The molecule has 1 aromatic carbocycles. The second-order valence-corrected chi connectivity index (χ2v) is 3.43. The first-order valence-corrected chi connectivity index (χ1v) is 4.64. The van der Waals surface area contributed by atoms with E-state index in [1.54, 1.807) is 0 Å². The smallest absolute Gasteiger partial charge is 0.475 e. The van der Waals surface area contributed by atoms with E-state index < -0.39 is 12.1 Å². The van der Waals surface area contributed by atoms with Crippen molar-refractivity contribution in [3.8, 4) is 0 Å². The van der Waals surface area contributed by atoms with Gasteiger partial charge in [-0.05, 0) is 14.1 Å². The van der Waals surface area contributed by atoms with Gasteiger partial charge in [0.25, 0.3) is 0 Å². The molecule has 18 heavy (non-hydrogen) atoms. The number of aliphatic carboxylic acids is 1. The summed E-state index contributed by atoms with van der Waals surface area (Å²) in [7, 11) is 4.11. The van der Waals surface area contributed by atoms with Gasteiger partial charge in [0.1, 0.15) is 0 Å². The first-order valence-electron chi connectivity index (χ1n) is 4.64. The molecule has 1 rings (SSSR count). The predicted molar refractivity (Wildman–Crippen MR) is 56.4 cm³/mol. The molecule has 0 unspecified atom stereocenters. The van der Waals surface area contributed by atoms with Crippen molar-refractivity contribution in [1.29, 1.82) is 0 Å². The first kappa shape index (κ1) is 19.4. The number of alkyl halides is 3. The van der Waals surface area contributed by atoms with Crippen molar-refractivity contribution < 1.29 is 43.5 Å². The summed E-state index contributed by atoms with van der Waals surface area (Å²) in [5, 5.41) is 7.12. The summed E-state index contributed by atoms with van der Waals surface area (Å²) in [5.74, 6) is -2.76. The number of carboxylic acid groups (broad SMARTS) is 1. The molecule has 0 saturated heterocycles. The van der Waals surface area contributed by atoms with E-state index in [-0.39, 0.29) is 20.4 Å². The third kappa shape index (κ3) is 10.3. The Hall–Kier alpha value is -0.898. The predicted octanol–water partition coefficient (Wildman–Crippen LogP) is 2.18. The van der Waals surface area contributed by atoms with Gasteiger partial charge in [0.15, 0.2) is 0 Å². The summed E-state index contributed by atoms with van der Waals surface area (Å²) in [4.78, 5) is 11.0. The van der Waals surface area contributed by atoms with E-state index in [1.807, 2.05) is 18.2 Å². The minimum Gasteiger partial charge on any atom is -0.475 e. The molecule has 0 spiro atoms. The fourth-order valence-electron chi connectivity index (χ4n) is 0.870. The first-order chi connectivity index (χ1) is 7.73. The molecule has 0 atom stereocenters. The van der Waals surface area contributed by atoms with Gasteiger partial charge in [-0.3, -0.25) is 0 Å². The van der Waals surface area contributed by atoms with E-state index in [1.165, 1.54) is 5.56 Å². The van der Waals surface area contributed by atoms with Crippen molar-refractivity contribution in [2.75, 3.05) is 14.1 Å². The summed E-state index contributed by atoms with van der Waals surface area (Å²) < 4.78 is 31.7. The van der Waals surface area contributed by atoms with Crippen LogP contribution in [0.15, 0.2) is 24.3 Å². The quantitative estimate of drug-likeness (QED) is 0.654. The van der Waals surface area contributed by atoms with Gasteiger partial charge >= 0.3 is 32.6 Å². The van der Waals surface area contributed by atoms with Gasteiger partial charge in [-0.2, -0.15) is 43.5 Å². The molecule has 0 aliphatic carbocycles. The maximum atomic E-state index is 10.6. The molecule has 1 aromatic rings. The number of carboxylic acids is 1. The van der Waals surface area contributed by atoms with E-state index >= 15 is 0 Å². The van der Waals surface area contributed by atoms with Crippen LogP contribution < -0.4 is 0 Å². The number of rotatable bonds is 2. The Morgan fingerprint density at radius 2 is 1.89 bits per heavy atom. The Morgan fingerprint density at radius 1 is 1.39 bits per heavy atom. The number of hydrogen-bond acceptors (Lipinski definition) is 2. The molecule has 0 aliphatic heterocycles. The van der Waals surface area contributed by atoms with Crippen molar-refractivity contribution in [3.63, 3.8) is 0 Å². The largest absolute Gasteiger partial charge is 2.00 e. The molecular weight excluding hydrogens is 342 g/mol. The molecule has 104 valence electrons. The summed E-state index contributed by atoms with van der Waals surface area (Å²) in [6.45, 7) is 0.973. The topological polar surface area (TPSA) is 40.5 Å². The van der Waals surface area contributed by atoms with Gasteiger partial charge in [-0.1, -0.05) is 0 Å². The fourth-order valence-corrected chi connectivity index (χ4v) is 0.870. The van der Waals surface area contributed by atoms with Crippen LogP contribution in [0, 0.1) is 6.07 Å². The van der Waals surface area contributed by atoms with Crippen molar-refractivity contribution in [1.82, 2.24) is 4.90 Å². The minimum absolute atomic E-state index is 0. The number of halogens is 3. The maximum absolute atomic E-state index is 10.6. The van der Waals surface area contributed by atoms with Crippen molar-refractivity contribution in [2.45, 2.75) is 12.7 Å². The molecule has 0 aromatic heterocycles. The standard InChI is InChI=1S/C9H12N.C2HF3O2.Pd/c1-10(2)8-9-6-4-3-5-7-9;3-2(4,5)1(6)7;/h3-6H,8H2,1-2H3;(H,6,7);/q-1;;+2. The van der Waals surface area contributed by atoms with Gasteiger partial charge in [0, 0.05) is 6.54 Å². The second kappa shape index (κ2) is 9.09. The summed E-state index contributed by atoms with van der Waals surface area (Å²) >= 11 is 0. The molecular formula is C11H13F3NO2Pd+. The van der Waals surface area contributed by atoms with Gasteiger partial charge in [-0.25, -0.2) is 4.79 Å². The number of benzene rings is 1. The zero-order valence-corrected chi connectivity index (χ0v) is 11.3. The van der Waals surface area contributed by atoms with E-state index in [0.29, 0.717) is 0 Å². The number of nitrogens with zero attached hydrogens (tertiary/aromatic N) is 1. The molecule has 0 saturated carbocycles. The van der Waals surface area contributed by atoms with E-state index in [2.05, 4.69) is 31.1 Å². The van der Waals surface area contributed by atoms with Crippen molar-refractivity contribution in [2.24, 2.45) is 0 Å². The van der Waals surface area contributed by atoms with Crippen molar-refractivity contribution in [3.05, 3.63) is 35.9 Å². The van der Waals surface area contributed by atoms with Gasteiger partial charge < -0.3 is 10.0 Å². The summed E-state index contributed by atoms with van der Waals surface area (Å²) in [6, 6.07) is 11.2. The van der Waals surface area contributed by atoms with Crippen LogP contribution >= 0.6 is 0 Å². The van der Waals surface area contributed by atoms with Crippen LogP contribution in [0.2, 0.25) is 0 Å². The second-order valence-electron chi connectivity index (χ2n) is 3.43. The van der Waals surface area contributed by atoms with Crippen LogP contribution in [0.25, 0.3) is 0 Å². The third-order valence-corrected chi connectivity index (χ3v) is 1.50. The molecule has 0 amide bonds. The Morgan fingerprint density at radius 3 is 2.17 bits per heavy atom. The molecule has 3 nitrogen and oxygen atoms in total. The summed E-state index contributed by atoms with van der Waals surface area (Å²) in [6.07, 6.45) is -5.08. The van der Waals surface area contributed by atoms with E-state index in [4.69, 9.17) is 9.90 Å². The maximum Gasteiger partial charge on any atom is 2.00 e. The average molecular weight is 355 g/mol. The zero-order valence-electron chi connectivity index (χ0n) is 9.77. The molecule has 0 fully saturated rings. The van der Waals surface area contributed by atoms with Crippen LogP contribution in [-0.2, 0) is 31.8 Å². The molecule has 7 heteroatoms. The van der Waals surface area contributed by atoms with Crippen molar-refractivity contribution >= 4 is 5.97 Å². The molecule has 1 N–H and O–H groups in total. The van der Waals surface area contributed by atoms with Crippen LogP contribution in [0.1, 0.15) is 5.56 Å². The van der Waals surface area contributed by atoms with Crippen LogP contribution in [-0.4, -0.2) is 36.2 Å². The van der Waals surface area contributed by atoms with Crippen LogP contribution in [0.5, 0.6) is 0 Å². The Kier molecular flexibility index (Phi) is 9.82. The SMILES string of the molecule is CN(C)Cc1[c-]cccc1.O=C(O)C(F)(F)F.[Pd+2]. The Balaban J connectivity index is 0. The van der Waals surface area contributed by atoms with Crippen LogP contribution in [0.4, 0.5) is 13.2 Å². The summed E-state index contributed by atoms with van der Waals surface area (Å²) in [5.41, 5.74) is 1.24. The van der Waals surface area contributed by atoms with Gasteiger partial charge in [0.05, 0.1) is 0 Å². The van der Waals surface area contributed by atoms with Gasteiger partial charge in [-0.15, -0.1) is 5.56 Å². The molecule has 0 bridgehead atoms. The van der Waals surface area contributed by atoms with E-state index in [0.717, 1.165) is 6.54 Å². The minimum atomic E-state index is -5.08. The molecule has 0 heterocycles. The fraction of sp³-hybridized carbons (Fsp3) is 0.364. The zero-order chi connectivity index (χ0) is 13.5. The normalized spacial score (nSPS) is 10.1. The van der Waals surface area contributed by atoms with E-state index in [9.17, 15) is 13.2 Å². The monoisotopic (exact) mass is 354 g/mol. The average Bonchev–Trinajstić information content (AvgIpc) is 2.17. The molecule has 0 aliphatic rings. The molecule has 0 radical (unpaired) electrons. The van der Waals surface area contributed by atoms with Crippen LogP contribution in [0.3, 0.4) is 0 Å². The van der Waals surface area contributed by atoms with Gasteiger partial charge in [0.2, 0.25) is 0 Å².